The van der Waals surface area contributed by atoms with Gasteiger partial charge in [0.1, 0.15) is 6.33 Å². The van der Waals surface area contributed by atoms with Gasteiger partial charge >= 0.3 is 0 Å². The van der Waals surface area contributed by atoms with Crippen LogP contribution in [-0.4, -0.2) is 43.6 Å². The first kappa shape index (κ1) is 16.1. The third-order valence-electron chi connectivity index (χ3n) is 4.05. The number of nitrogens with zero attached hydrogens (tertiary/aromatic N) is 4. The first-order chi connectivity index (χ1) is 10.9. The number of amides is 1. The molecule has 0 radical (unpaired) electrons. The number of thiazole rings is 1. The van der Waals surface area contributed by atoms with Crippen LogP contribution in [0, 0.1) is 5.41 Å². The molecule has 1 fully saturated rings. The van der Waals surface area contributed by atoms with E-state index in [2.05, 4.69) is 45.8 Å². The van der Waals surface area contributed by atoms with E-state index in [0.717, 1.165) is 36.5 Å². The molecule has 23 heavy (non-hydrogen) atoms. The van der Waals surface area contributed by atoms with Gasteiger partial charge in [-0.1, -0.05) is 20.8 Å². The number of carbonyl (C=O) groups is 1. The fraction of sp³-hybridized carbons (Fsp3) is 0.625. The van der Waals surface area contributed by atoms with Gasteiger partial charge in [-0.2, -0.15) is 5.10 Å². The molecule has 1 amide bonds. The van der Waals surface area contributed by atoms with E-state index in [9.17, 15) is 4.79 Å². The molecule has 2 aromatic rings. The van der Waals surface area contributed by atoms with Crippen LogP contribution in [0.4, 0.5) is 0 Å². The third-order valence-corrected chi connectivity index (χ3v) is 4.94. The zero-order chi connectivity index (χ0) is 16.4. The quantitative estimate of drug-likeness (QED) is 0.933. The second kappa shape index (κ2) is 6.39. The van der Waals surface area contributed by atoms with Crippen molar-refractivity contribution in [2.75, 3.05) is 6.54 Å². The largest absolute Gasteiger partial charge is 0.339 e. The summed E-state index contributed by atoms with van der Waals surface area (Å²) in [7, 11) is 0. The second-order valence-electron chi connectivity index (χ2n) is 7.30. The lowest BCUT2D eigenvalue weighted by molar-refractivity contribution is -0.131. The Morgan fingerprint density at radius 2 is 2.30 bits per heavy atom. The fourth-order valence-corrected chi connectivity index (χ4v) is 3.91. The smallest absolute Gasteiger partial charge is 0.228 e. The molecule has 0 aliphatic carbocycles. The minimum absolute atomic E-state index is 0.186. The van der Waals surface area contributed by atoms with Crippen LogP contribution in [0.3, 0.4) is 0 Å². The van der Waals surface area contributed by atoms with E-state index < -0.39 is 0 Å². The molecule has 1 aliphatic rings. The first-order valence-electron chi connectivity index (χ1n) is 8.02. The minimum Gasteiger partial charge on any atom is -0.339 e. The monoisotopic (exact) mass is 333 g/mol. The zero-order valence-corrected chi connectivity index (χ0v) is 14.7. The van der Waals surface area contributed by atoms with E-state index in [-0.39, 0.29) is 11.3 Å². The number of nitrogens with one attached hydrogen (secondary N) is 1. The lowest BCUT2D eigenvalue weighted by atomic mass is 9.87. The number of H-pyrrole nitrogens is 1. The van der Waals surface area contributed by atoms with E-state index in [1.165, 1.54) is 17.7 Å². The van der Waals surface area contributed by atoms with Crippen LogP contribution in [0.5, 0.6) is 0 Å². The molecule has 0 aromatic carbocycles. The summed E-state index contributed by atoms with van der Waals surface area (Å²) in [4.78, 5) is 23.3. The summed E-state index contributed by atoms with van der Waals surface area (Å²) < 4.78 is 0. The standard InChI is InChI=1S/C16H23N5OS/c1-16(2,3)8-12-5-4-6-21(12)13(22)7-11-9-23-15(19-11)14-17-10-18-20-14/h9-10,12H,4-8H2,1-3H3,(H,17,18,20)/t12-/m1/s1. The molecule has 1 atom stereocenters. The predicted molar refractivity (Wildman–Crippen MR) is 90.0 cm³/mol. The highest BCUT2D eigenvalue weighted by molar-refractivity contribution is 7.13. The van der Waals surface area contributed by atoms with E-state index in [4.69, 9.17) is 0 Å². The molecule has 0 saturated carbocycles. The molecule has 124 valence electrons. The van der Waals surface area contributed by atoms with E-state index in [1.54, 1.807) is 0 Å². The molecule has 1 aliphatic heterocycles. The van der Waals surface area contributed by atoms with Crippen molar-refractivity contribution in [1.29, 1.82) is 0 Å². The maximum absolute atomic E-state index is 12.7. The van der Waals surface area contributed by atoms with Crippen molar-refractivity contribution in [1.82, 2.24) is 25.1 Å². The molecule has 0 spiro atoms. The molecule has 0 unspecified atom stereocenters. The normalized spacial score (nSPS) is 18.6. The van der Waals surface area contributed by atoms with Crippen LogP contribution in [0.15, 0.2) is 11.7 Å². The Bertz CT molecular complexity index is 658. The Hall–Kier alpha value is -1.76. The highest BCUT2D eigenvalue weighted by Gasteiger charge is 2.31. The van der Waals surface area contributed by atoms with Gasteiger partial charge in [0.05, 0.1) is 12.1 Å². The van der Waals surface area contributed by atoms with Crippen molar-refractivity contribution in [3.05, 3.63) is 17.4 Å². The van der Waals surface area contributed by atoms with E-state index >= 15 is 0 Å². The van der Waals surface area contributed by atoms with Crippen LogP contribution in [0.25, 0.3) is 10.8 Å². The number of aromatic nitrogens is 4. The molecule has 2 aromatic heterocycles. The van der Waals surface area contributed by atoms with Crippen molar-refractivity contribution in [2.24, 2.45) is 5.41 Å². The molecular formula is C16H23N5OS. The molecule has 6 nitrogen and oxygen atoms in total. The minimum atomic E-state index is 0.186. The van der Waals surface area contributed by atoms with Crippen LogP contribution in [0.1, 0.15) is 45.7 Å². The van der Waals surface area contributed by atoms with Crippen molar-refractivity contribution in [3.8, 4) is 10.8 Å². The predicted octanol–water partition coefficient (Wildman–Crippen LogP) is 2.90. The van der Waals surface area contributed by atoms with Crippen molar-refractivity contribution in [2.45, 2.75) is 52.5 Å². The highest BCUT2D eigenvalue weighted by Crippen LogP contribution is 2.30. The third kappa shape index (κ3) is 3.96. The summed E-state index contributed by atoms with van der Waals surface area (Å²) in [6.45, 7) is 7.58. The Balaban J connectivity index is 1.64. The number of likely N-dealkylation sites (tertiary alicyclic amines) is 1. The molecular weight excluding hydrogens is 310 g/mol. The first-order valence-corrected chi connectivity index (χ1v) is 8.90. The van der Waals surface area contributed by atoms with E-state index in [0.29, 0.717) is 18.3 Å². The van der Waals surface area contributed by atoms with Crippen LogP contribution >= 0.6 is 11.3 Å². The summed E-state index contributed by atoms with van der Waals surface area (Å²) >= 11 is 1.49. The molecule has 1 N–H and O–H groups in total. The van der Waals surface area contributed by atoms with Crippen LogP contribution in [0.2, 0.25) is 0 Å². The second-order valence-corrected chi connectivity index (χ2v) is 8.16. The molecule has 0 bridgehead atoms. The average molecular weight is 333 g/mol. The summed E-state index contributed by atoms with van der Waals surface area (Å²) in [6.07, 6.45) is 5.10. The number of hydrogen-bond acceptors (Lipinski definition) is 5. The van der Waals surface area contributed by atoms with Gasteiger partial charge in [-0.15, -0.1) is 11.3 Å². The van der Waals surface area contributed by atoms with Gasteiger partial charge in [0.25, 0.3) is 0 Å². The Morgan fingerprint density at radius 1 is 1.48 bits per heavy atom. The number of rotatable bonds is 4. The average Bonchev–Trinajstić information content (AvgIpc) is 3.16. The van der Waals surface area contributed by atoms with Gasteiger partial charge in [-0.05, 0) is 24.7 Å². The number of carbonyl (C=O) groups excluding carboxylic acids is 1. The van der Waals surface area contributed by atoms with Crippen molar-refractivity contribution in [3.63, 3.8) is 0 Å². The van der Waals surface area contributed by atoms with Crippen LogP contribution < -0.4 is 0 Å². The maximum atomic E-state index is 12.7. The number of hydrogen-bond donors (Lipinski definition) is 1. The van der Waals surface area contributed by atoms with Crippen molar-refractivity contribution < 1.29 is 4.79 Å². The van der Waals surface area contributed by atoms with Gasteiger partial charge in [-0.25, -0.2) is 9.97 Å². The Kier molecular flexibility index (Phi) is 4.48. The van der Waals surface area contributed by atoms with Crippen molar-refractivity contribution >= 4 is 17.2 Å². The lowest BCUT2D eigenvalue weighted by Crippen LogP contribution is -2.38. The highest BCUT2D eigenvalue weighted by atomic mass is 32.1. The number of aromatic amines is 1. The molecule has 1 saturated heterocycles. The van der Waals surface area contributed by atoms with Gasteiger partial charge < -0.3 is 4.90 Å². The van der Waals surface area contributed by atoms with Gasteiger partial charge in [0, 0.05) is 18.0 Å². The zero-order valence-electron chi connectivity index (χ0n) is 13.9. The summed E-state index contributed by atoms with van der Waals surface area (Å²) in [5, 5.41) is 9.34. The Morgan fingerprint density at radius 3 is 3.00 bits per heavy atom. The van der Waals surface area contributed by atoms with Gasteiger partial charge in [0.2, 0.25) is 5.91 Å². The molecule has 3 heterocycles. The van der Waals surface area contributed by atoms with Gasteiger partial charge in [0.15, 0.2) is 10.8 Å². The maximum Gasteiger partial charge on any atom is 0.228 e. The molecule has 3 rings (SSSR count). The summed E-state index contributed by atoms with van der Waals surface area (Å²) in [5.74, 6) is 0.839. The summed E-state index contributed by atoms with van der Waals surface area (Å²) in [6, 6.07) is 0.370. The lowest BCUT2D eigenvalue weighted by Gasteiger charge is -2.30. The van der Waals surface area contributed by atoms with E-state index in [1.807, 2.05) is 5.38 Å². The van der Waals surface area contributed by atoms with Gasteiger partial charge in [-0.3, -0.25) is 9.89 Å². The molecule has 7 heteroatoms. The summed E-state index contributed by atoms with van der Waals surface area (Å²) in [5.41, 5.74) is 1.06. The van der Waals surface area contributed by atoms with Crippen LogP contribution in [-0.2, 0) is 11.2 Å². The Labute approximate surface area is 140 Å². The fourth-order valence-electron chi connectivity index (χ4n) is 3.15. The topological polar surface area (TPSA) is 74.8 Å². The SMILES string of the molecule is CC(C)(C)C[C@H]1CCCN1C(=O)Cc1csc(-c2ncn[nH]2)n1.